The molecule has 0 spiro atoms. The number of hydrogen-bond acceptors (Lipinski definition) is 3. The summed E-state index contributed by atoms with van der Waals surface area (Å²) in [5.74, 6) is -0.598. The van der Waals surface area contributed by atoms with E-state index in [9.17, 15) is 9.90 Å². The Balaban J connectivity index is 2.76. The normalized spacial score (nSPS) is 12.5. The molecule has 0 bridgehead atoms. The van der Waals surface area contributed by atoms with Crippen LogP contribution in [0.3, 0.4) is 0 Å². The number of hydrogen-bond donors (Lipinski definition) is 2. The summed E-state index contributed by atoms with van der Waals surface area (Å²) in [4.78, 5) is 10.5. The van der Waals surface area contributed by atoms with Gasteiger partial charge in [0.1, 0.15) is 5.75 Å². The molecular weight excluding hydrogens is 196 g/mol. The Kier molecular flexibility index (Phi) is 3.68. The Morgan fingerprint density at radius 3 is 2.20 bits per heavy atom. The number of aliphatic hydroxyl groups excluding tert-OH is 1. The fourth-order valence-corrected chi connectivity index (χ4v) is 1.14. The van der Waals surface area contributed by atoms with Crippen molar-refractivity contribution in [2.45, 2.75) is 26.1 Å². The molecule has 1 aromatic carbocycles. The zero-order valence-electron chi connectivity index (χ0n) is 8.68. The van der Waals surface area contributed by atoms with Gasteiger partial charge in [-0.05, 0) is 31.5 Å². The molecule has 1 aromatic rings. The number of aliphatic hydroxyl groups is 1. The summed E-state index contributed by atoms with van der Waals surface area (Å²) >= 11 is 0. The standard InChI is InChI=1S/C11H14O4/c1-7(2)15-9-5-3-8(4-6-9)10(12)11(13)14/h3-7,10,12H,1-2H3,(H,13,14)/t10-/m1/s1. The number of benzene rings is 1. The zero-order valence-corrected chi connectivity index (χ0v) is 8.68. The van der Waals surface area contributed by atoms with Crippen molar-refractivity contribution in [3.8, 4) is 5.75 Å². The fraction of sp³-hybridized carbons (Fsp3) is 0.364. The summed E-state index contributed by atoms with van der Waals surface area (Å²) in [7, 11) is 0. The summed E-state index contributed by atoms with van der Waals surface area (Å²) in [6.45, 7) is 3.81. The van der Waals surface area contributed by atoms with Crippen LogP contribution < -0.4 is 4.74 Å². The highest BCUT2D eigenvalue weighted by Gasteiger charge is 2.15. The van der Waals surface area contributed by atoms with Gasteiger partial charge in [-0.2, -0.15) is 0 Å². The molecule has 0 saturated heterocycles. The van der Waals surface area contributed by atoms with Crippen LogP contribution in [0.1, 0.15) is 25.5 Å². The van der Waals surface area contributed by atoms with Crippen molar-refractivity contribution in [3.05, 3.63) is 29.8 Å². The first-order chi connectivity index (χ1) is 7.00. The van der Waals surface area contributed by atoms with Crippen LogP contribution in [0.2, 0.25) is 0 Å². The van der Waals surface area contributed by atoms with Crippen LogP contribution in [0.15, 0.2) is 24.3 Å². The maximum atomic E-state index is 10.5. The minimum Gasteiger partial charge on any atom is -0.491 e. The maximum absolute atomic E-state index is 10.5. The predicted molar refractivity (Wildman–Crippen MR) is 54.8 cm³/mol. The van der Waals surface area contributed by atoms with Gasteiger partial charge in [0.05, 0.1) is 6.10 Å². The molecule has 0 amide bonds. The van der Waals surface area contributed by atoms with Gasteiger partial charge in [-0.3, -0.25) is 0 Å². The van der Waals surface area contributed by atoms with Crippen molar-refractivity contribution in [2.24, 2.45) is 0 Å². The second kappa shape index (κ2) is 4.79. The Bertz CT molecular complexity index is 329. The number of rotatable bonds is 4. The molecule has 0 radical (unpaired) electrons. The largest absolute Gasteiger partial charge is 0.491 e. The minimum atomic E-state index is -1.47. The molecule has 4 nitrogen and oxygen atoms in total. The lowest BCUT2D eigenvalue weighted by molar-refractivity contribution is -0.146. The van der Waals surface area contributed by atoms with E-state index < -0.39 is 12.1 Å². The van der Waals surface area contributed by atoms with Crippen LogP contribution in [0.5, 0.6) is 5.75 Å². The van der Waals surface area contributed by atoms with E-state index in [1.807, 2.05) is 13.8 Å². The molecule has 15 heavy (non-hydrogen) atoms. The smallest absolute Gasteiger partial charge is 0.337 e. The van der Waals surface area contributed by atoms with Crippen LogP contribution >= 0.6 is 0 Å². The topological polar surface area (TPSA) is 66.8 Å². The van der Waals surface area contributed by atoms with Gasteiger partial charge >= 0.3 is 5.97 Å². The second-order valence-corrected chi connectivity index (χ2v) is 3.48. The quantitative estimate of drug-likeness (QED) is 0.792. The van der Waals surface area contributed by atoms with Crippen molar-refractivity contribution in [1.82, 2.24) is 0 Å². The van der Waals surface area contributed by atoms with Crippen LogP contribution in [-0.2, 0) is 4.79 Å². The SMILES string of the molecule is CC(C)Oc1ccc([C@@H](O)C(=O)O)cc1. The van der Waals surface area contributed by atoms with E-state index in [1.165, 1.54) is 12.1 Å². The zero-order chi connectivity index (χ0) is 11.4. The highest BCUT2D eigenvalue weighted by molar-refractivity contribution is 5.74. The number of aliphatic carboxylic acids is 1. The summed E-state index contributed by atoms with van der Waals surface area (Å²) < 4.78 is 5.38. The molecule has 1 rings (SSSR count). The van der Waals surface area contributed by atoms with E-state index in [0.29, 0.717) is 11.3 Å². The minimum absolute atomic E-state index is 0.0697. The Hall–Kier alpha value is -1.55. The molecule has 0 aliphatic heterocycles. The molecule has 0 aromatic heterocycles. The van der Waals surface area contributed by atoms with Crippen LogP contribution in [0, 0.1) is 0 Å². The highest BCUT2D eigenvalue weighted by atomic mass is 16.5. The van der Waals surface area contributed by atoms with Gasteiger partial charge in [0.15, 0.2) is 6.10 Å². The third-order valence-corrected chi connectivity index (χ3v) is 1.80. The Morgan fingerprint density at radius 2 is 1.80 bits per heavy atom. The van der Waals surface area contributed by atoms with Gasteiger partial charge in [-0.25, -0.2) is 4.79 Å². The number of carboxylic acid groups (broad SMARTS) is 1. The number of carboxylic acids is 1. The van der Waals surface area contributed by atoms with Crippen molar-refractivity contribution < 1.29 is 19.7 Å². The lowest BCUT2D eigenvalue weighted by Crippen LogP contribution is -2.10. The molecule has 0 unspecified atom stereocenters. The third kappa shape index (κ3) is 3.25. The summed E-state index contributed by atoms with van der Waals surface area (Å²) in [6.07, 6.45) is -1.40. The van der Waals surface area contributed by atoms with Crippen molar-refractivity contribution >= 4 is 5.97 Å². The first-order valence-corrected chi connectivity index (χ1v) is 4.68. The lowest BCUT2D eigenvalue weighted by Gasteiger charge is -2.11. The first-order valence-electron chi connectivity index (χ1n) is 4.68. The van der Waals surface area contributed by atoms with Crippen LogP contribution in [-0.4, -0.2) is 22.3 Å². The van der Waals surface area contributed by atoms with Crippen molar-refractivity contribution in [1.29, 1.82) is 0 Å². The lowest BCUT2D eigenvalue weighted by atomic mass is 10.1. The van der Waals surface area contributed by atoms with E-state index >= 15 is 0 Å². The molecule has 4 heteroatoms. The van der Waals surface area contributed by atoms with E-state index in [1.54, 1.807) is 12.1 Å². The van der Waals surface area contributed by atoms with Crippen molar-refractivity contribution in [2.75, 3.05) is 0 Å². The van der Waals surface area contributed by atoms with E-state index in [4.69, 9.17) is 9.84 Å². The highest BCUT2D eigenvalue weighted by Crippen LogP contribution is 2.18. The maximum Gasteiger partial charge on any atom is 0.337 e. The van der Waals surface area contributed by atoms with Gasteiger partial charge in [-0.15, -0.1) is 0 Å². The van der Waals surface area contributed by atoms with E-state index in [2.05, 4.69) is 0 Å². The first kappa shape index (κ1) is 11.5. The monoisotopic (exact) mass is 210 g/mol. The number of ether oxygens (including phenoxy) is 1. The predicted octanol–water partition coefficient (Wildman–Crippen LogP) is 1.59. The summed E-state index contributed by atoms with van der Waals surface area (Å²) in [5.41, 5.74) is 0.346. The molecule has 0 saturated carbocycles. The molecule has 0 aliphatic rings. The molecule has 1 atom stereocenters. The Morgan fingerprint density at radius 1 is 1.27 bits per heavy atom. The molecule has 0 heterocycles. The molecule has 0 aliphatic carbocycles. The van der Waals surface area contributed by atoms with Crippen LogP contribution in [0.4, 0.5) is 0 Å². The molecule has 82 valence electrons. The van der Waals surface area contributed by atoms with E-state index in [-0.39, 0.29) is 6.10 Å². The average molecular weight is 210 g/mol. The molecule has 2 N–H and O–H groups in total. The van der Waals surface area contributed by atoms with Gasteiger partial charge in [-0.1, -0.05) is 12.1 Å². The van der Waals surface area contributed by atoms with Gasteiger partial charge in [0.25, 0.3) is 0 Å². The van der Waals surface area contributed by atoms with Crippen LogP contribution in [0.25, 0.3) is 0 Å². The van der Waals surface area contributed by atoms with Gasteiger partial charge < -0.3 is 14.9 Å². The Labute approximate surface area is 88.1 Å². The summed E-state index contributed by atoms with van der Waals surface area (Å²) in [5, 5.41) is 17.8. The van der Waals surface area contributed by atoms with E-state index in [0.717, 1.165) is 0 Å². The molecular formula is C11H14O4. The summed E-state index contributed by atoms with van der Waals surface area (Å²) in [6, 6.07) is 6.36. The third-order valence-electron chi connectivity index (χ3n) is 1.80. The van der Waals surface area contributed by atoms with Gasteiger partial charge in [0, 0.05) is 0 Å². The molecule has 0 fully saturated rings. The number of carbonyl (C=O) groups is 1. The fourth-order valence-electron chi connectivity index (χ4n) is 1.14. The average Bonchev–Trinajstić information content (AvgIpc) is 2.17. The van der Waals surface area contributed by atoms with Crippen molar-refractivity contribution in [3.63, 3.8) is 0 Å². The second-order valence-electron chi connectivity index (χ2n) is 3.48. The van der Waals surface area contributed by atoms with Gasteiger partial charge in [0.2, 0.25) is 0 Å².